The van der Waals surface area contributed by atoms with Gasteiger partial charge in [0.05, 0.1) is 0 Å². The van der Waals surface area contributed by atoms with Crippen molar-refractivity contribution in [1.82, 2.24) is 0 Å². The molecule has 2 atom stereocenters. The largest absolute Gasteiger partial charge is 0.0654 e. The van der Waals surface area contributed by atoms with E-state index < -0.39 is 0 Å². The molecule has 0 aromatic heterocycles. The first-order chi connectivity index (χ1) is 7.81. The zero-order valence-electron chi connectivity index (χ0n) is 11.8. The average Bonchev–Trinajstić information content (AvgIpc) is 3.07. The first kappa shape index (κ1) is 14.1. The van der Waals surface area contributed by atoms with Gasteiger partial charge in [-0.15, -0.1) is 0 Å². The Kier molecular flexibility index (Phi) is 7.16. The molecule has 1 fully saturated rings. The SMILES string of the molecule is CCCCC(CCC)C(CCC)CC1CC1. The van der Waals surface area contributed by atoms with Crippen LogP contribution in [-0.4, -0.2) is 0 Å². The van der Waals surface area contributed by atoms with Gasteiger partial charge in [0.1, 0.15) is 0 Å². The average molecular weight is 224 g/mol. The number of rotatable bonds is 10. The Labute approximate surface area is 103 Å². The summed E-state index contributed by atoms with van der Waals surface area (Å²) in [5.74, 6) is 3.23. The highest BCUT2D eigenvalue weighted by Gasteiger charge is 2.28. The van der Waals surface area contributed by atoms with E-state index in [-0.39, 0.29) is 0 Å². The maximum atomic E-state index is 2.36. The fourth-order valence-electron chi connectivity index (χ4n) is 3.15. The van der Waals surface area contributed by atoms with Crippen LogP contribution in [0.3, 0.4) is 0 Å². The van der Waals surface area contributed by atoms with Crippen LogP contribution in [0.15, 0.2) is 0 Å². The quantitative estimate of drug-likeness (QED) is 0.439. The van der Waals surface area contributed by atoms with E-state index in [1.165, 1.54) is 57.8 Å². The minimum Gasteiger partial charge on any atom is -0.0654 e. The molecule has 0 heterocycles. The second-order valence-electron chi connectivity index (χ2n) is 5.92. The van der Waals surface area contributed by atoms with Gasteiger partial charge < -0.3 is 0 Å². The third-order valence-electron chi connectivity index (χ3n) is 4.25. The van der Waals surface area contributed by atoms with Gasteiger partial charge in [-0.25, -0.2) is 0 Å². The lowest BCUT2D eigenvalue weighted by atomic mass is 9.79. The highest BCUT2D eigenvalue weighted by atomic mass is 14.3. The van der Waals surface area contributed by atoms with Crippen molar-refractivity contribution in [1.29, 1.82) is 0 Å². The summed E-state index contributed by atoms with van der Waals surface area (Å²) in [6.45, 7) is 7.06. The van der Waals surface area contributed by atoms with Gasteiger partial charge in [-0.3, -0.25) is 0 Å². The Morgan fingerprint density at radius 3 is 1.94 bits per heavy atom. The summed E-state index contributed by atoms with van der Waals surface area (Å²) in [6, 6.07) is 0. The third kappa shape index (κ3) is 5.37. The van der Waals surface area contributed by atoms with Crippen LogP contribution in [0.4, 0.5) is 0 Å². The van der Waals surface area contributed by atoms with Crippen LogP contribution in [0.2, 0.25) is 0 Å². The van der Waals surface area contributed by atoms with Gasteiger partial charge >= 0.3 is 0 Å². The van der Waals surface area contributed by atoms with Gasteiger partial charge in [0.25, 0.3) is 0 Å². The van der Waals surface area contributed by atoms with Crippen molar-refractivity contribution < 1.29 is 0 Å². The minimum atomic E-state index is 1.05. The van der Waals surface area contributed by atoms with Gasteiger partial charge in [0.15, 0.2) is 0 Å². The molecule has 0 spiro atoms. The summed E-state index contributed by atoms with van der Waals surface area (Å²) < 4.78 is 0. The topological polar surface area (TPSA) is 0 Å². The monoisotopic (exact) mass is 224 g/mol. The van der Waals surface area contributed by atoms with Crippen LogP contribution in [0.25, 0.3) is 0 Å². The lowest BCUT2D eigenvalue weighted by Gasteiger charge is -2.27. The van der Waals surface area contributed by atoms with E-state index >= 15 is 0 Å². The third-order valence-corrected chi connectivity index (χ3v) is 4.25. The van der Waals surface area contributed by atoms with Crippen LogP contribution >= 0.6 is 0 Å². The summed E-state index contributed by atoms with van der Waals surface area (Å²) in [5.41, 5.74) is 0. The maximum absolute atomic E-state index is 2.36. The molecule has 0 aromatic carbocycles. The van der Waals surface area contributed by atoms with Gasteiger partial charge in [-0.05, 0) is 24.2 Å². The summed E-state index contributed by atoms with van der Waals surface area (Å²) in [4.78, 5) is 0. The van der Waals surface area contributed by atoms with Crippen LogP contribution in [0.5, 0.6) is 0 Å². The molecular formula is C16H32. The molecule has 1 aliphatic rings. The van der Waals surface area contributed by atoms with Gasteiger partial charge in [-0.2, -0.15) is 0 Å². The Balaban J connectivity index is 2.38. The molecule has 0 bridgehead atoms. The van der Waals surface area contributed by atoms with Gasteiger partial charge in [-0.1, -0.05) is 78.6 Å². The first-order valence-electron chi connectivity index (χ1n) is 7.81. The van der Waals surface area contributed by atoms with E-state index in [4.69, 9.17) is 0 Å². The molecule has 0 nitrogen and oxygen atoms in total. The Bertz CT molecular complexity index is 157. The van der Waals surface area contributed by atoms with E-state index in [1.807, 2.05) is 0 Å². The first-order valence-corrected chi connectivity index (χ1v) is 7.81. The van der Waals surface area contributed by atoms with Crippen LogP contribution in [0.1, 0.15) is 85.0 Å². The van der Waals surface area contributed by atoms with E-state index in [9.17, 15) is 0 Å². The smallest absolute Gasteiger partial charge is 0.0383 e. The molecule has 0 saturated heterocycles. The molecule has 0 aromatic rings. The highest BCUT2D eigenvalue weighted by molar-refractivity contribution is 4.80. The predicted octanol–water partition coefficient (Wildman–Crippen LogP) is 5.81. The van der Waals surface area contributed by atoms with Crippen LogP contribution in [0, 0.1) is 17.8 Å². The fourth-order valence-corrected chi connectivity index (χ4v) is 3.15. The van der Waals surface area contributed by atoms with Crippen molar-refractivity contribution >= 4 is 0 Å². The Hall–Kier alpha value is 0. The summed E-state index contributed by atoms with van der Waals surface area (Å²) >= 11 is 0. The number of unbranched alkanes of at least 4 members (excludes halogenated alkanes) is 1. The number of hydrogen-bond acceptors (Lipinski definition) is 0. The van der Waals surface area contributed by atoms with Crippen molar-refractivity contribution in [3.8, 4) is 0 Å². The van der Waals surface area contributed by atoms with Crippen molar-refractivity contribution in [3.63, 3.8) is 0 Å². The lowest BCUT2D eigenvalue weighted by molar-refractivity contribution is 0.244. The second kappa shape index (κ2) is 8.14. The van der Waals surface area contributed by atoms with Crippen LogP contribution < -0.4 is 0 Å². The highest BCUT2D eigenvalue weighted by Crippen LogP contribution is 2.41. The van der Waals surface area contributed by atoms with E-state index in [1.54, 1.807) is 6.42 Å². The summed E-state index contributed by atoms with van der Waals surface area (Å²) in [5, 5.41) is 0. The lowest BCUT2D eigenvalue weighted by Crippen LogP contribution is -2.16. The van der Waals surface area contributed by atoms with Crippen molar-refractivity contribution in [3.05, 3.63) is 0 Å². The maximum Gasteiger partial charge on any atom is -0.0383 e. The molecule has 96 valence electrons. The molecule has 1 aliphatic carbocycles. The van der Waals surface area contributed by atoms with E-state index in [0.29, 0.717) is 0 Å². The second-order valence-corrected chi connectivity index (χ2v) is 5.92. The molecule has 1 saturated carbocycles. The van der Waals surface area contributed by atoms with E-state index in [2.05, 4.69) is 20.8 Å². The van der Waals surface area contributed by atoms with Crippen molar-refractivity contribution in [2.75, 3.05) is 0 Å². The summed E-state index contributed by atoms with van der Waals surface area (Å²) in [6.07, 6.45) is 14.7. The fraction of sp³-hybridized carbons (Fsp3) is 1.00. The predicted molar refractivity (Wildman–Crippen MR) is 73.7 cm³/mol. The molecule has 0 radical (unpaired) electrons. The van der Waals surface area contributed by atoms with Gasteiger partial charge in [0, 0.05) is 0 Å². The van der Waals surface area contributed by atoms with Gasteiger partial charge in [0.2, 0.25) is 0 Å². The molecular weight excluding hydrogens is 192 g/mol. The normalized spacial score (nSPS) is 19.7. The molecule has 0 heteroatoms. The standard InChI is InChI=1S/C16H32/c1-4-7-10-15(8-5-2)16(9-6-3)13-14-11-12-14/h14-16H,4-13H2,1-3H3. The zero-order valence-corrected chi connectivity index (χ0v) is 11.8. The van der Waals surface area contributed by atoms with Crippen molar-refractivity contribution in [2.45, 2.75) is 85.0 Å². The van der Waals surface area contributed by atoms with E-state index in [0.717, 1.165) is 17.8 Å². The molecule has 0 N–H and O–H groups in total. The number of hydrogen-bond donors (Lipinski definition) is 0. The Morgan fingerprint density at radius 2 is 1.44 bits per heavy atom. The molecule has 0 aliphatic heterocycles. The van der Waals surface area contributed by atoms with Crippen molar-refractivity contribution in [2.24, 2.45) is 17.8 Å². The minimum absolute atomic E-state index is 1.05. The zero-order chi connectivity index (χ0) is 11.8. The van der Waals surface area contributed by atoms with Crippen LogP contribution in [-0.2, 0) is 0 Å². The molecule has 1 rings (SSSR count). The molecule has 16 heavy (non-hydrogen) atoms. The molecule has 0 amide bonds. The summed E-state index contributed by atoms with van der Waals surface area (Å²) in [7, 11) is 0. The molecule has 2 unspecified atom stereocenters. The Morgan fingerprint density at radius 1 is 0.812 bits per heavy atom.